The van der Waals surface area contributed by atoms with Gasteiger partial charge in [0.15, 0.2) is 0 Å². The van der Waals surface area contributed by atoms with Crippen molar-refractivity contribution < 1.29 is 5.11 Å². The normalized spacial score (nSPS) is 20.0. The highest BCUT2D eigenvalue weighted by Crippen LogP contribution is 2.18. The molecule has 1 aromatic rings. The summed E-state index contributed by atoms with van der Waals surface area (Å²) in [6, 6.07) is 6.25. The van der Waals surface area contributed by atoms with E-state index in [1.807, 2.05) is 6.07 Å². The standard InChI is InChI=1S/C15H24N2O/c1-12-4-5-14(10-13(12)2)15(18)11-17-8-6-16(3)7-9-17/h4-5,10,15,18H,6-9,11H2,1-3H3. The van der Waals surface area contributed by atoms with E-state index in [4.69, 9.17) is 0 Å². The molecular formula is C15H24N2O. The van der Waals surface area contributed by atoms with E-state index in [1.54, 1.807) is 0 Å². The van der Waals surface area contributed by atoms with Gasteiger partial charge in [0.25, 0.3) is 0 Å². The predicted octanol–water partition coefficient (Wildman–Crippen LogP) is 1.58. The predicted molar refractivity (Wildman–Crippen MR) is 74.8 cm³/mol. The number of rotatable bonds is 3. The Morgan fingerprint density at radius 3 is 2.39 bits per heavy atom. The lowest BCUT2D eigenvalue weighted by atomic mass is 10.0. The fourth-order valence-electron chi connectivity index (χ4n) is 2.35. The van der Waals surface area contributed by atoms with Gasteiger partial charge in [0.2, 0.25) is 0 Å². The molecular weight excluding hydrogens is 224 g/mol. The SMILES string of the molecule is Cc1ccc(C(O)CN2CCN(C)CC2)cc1C. The van der Waals surface area contributed by atoms with Crippen LogP contribution in [0.25, 0.3) is 0 Å². The molecule has 1 heterocycles. The number of benzene rings is 1. The maximum absolute atomic E-state index is 10.3. The van der Waals surface area contributed by atoms with Crippen molar-refractivity contribution in [1.29, 1.82) is 0 Å². The highest BCUT2D eigenvalue weighted by Gasteiger charge is 2.18. The molecule has 2 rings (SSSR count). The topological polar surface area (TPSA) is 26.7 Å². The van der Waals surface area contributed by atoms with Crippen LogP contribution < -0.4 is 0 Å². The molecule has 0 saturated carbocycles. The molecule has 1 saturated heterocycles. The summed E-state index contributed by atoms with van der Waals surface area (Å²) in [7, 11) is 2.15. The summed E-state index contributed by atoms with van der Waals surface area (Å²) >= 11 is 0. The van der Waals surface area contributed by atoms with Crippen molar-refractivity contribution in [3.8, 4) is 0 Å². The molecule has 18 heavy (non-hydrogen) atoms. The Morgan fingerprint density at radius 2 is 1.78 bits per heavy atom. The third-order valence-electron chi connectivity index (χ3n) is 3.94. The molecule has 3 heteroatoms. The van der Waals surface area contributed by atoms with Crippen LogP contribution in [0.3, 0.4) is 0 Å². The Kier molecular flexibility index (Phi) is 4.38. The zero-order valence-corrected chi connectivity index (χ0v) is 11.7. The van der Waals surface area contributed by atoms with Crippen molar-refractivity contribution in [2.24, 2.45) is 0 Å². The minimum atomic E-state index is -0.368. The second-order valence-electron chi connectivity index (χ2n) is 5.46. The summed E-state index contributed by atoms with van der Waals surface area (Å²) in [6.45, 7) is 9.25. The number of aliphatic hydroxyl groups is 1. The quantitative estimate of drug-likeness (QED) is 0.880. The minimum absolute atomic E-state index is 0.368. The lowest BCUT2D eigenvalue weighted by Gasteiger charge is -2.33. The lowest BCUT2D eigenvalue weighted by Crippen LogP contribution is -2.45. The van der Waals surface area contributed by atoms with E-state index in [0.29, 0.717) is 0 Å². The molecule has 0 aromatic heterocycles. The van der Waals surface area contributed by atoms with Crippen molar-refractivity contribution in [2.45, 2.75) is 20.0 Å². The largest absolute Gasteiger partial charge is 0.387 e. The molecule has 0 radical (unpaired) electrons. The van der Waals surface area contributed by atoms with Gasteiger partial charge in [0, 0.05) is 32.7 Å². The minimum Gasteiger partial charge on any atom is -0.387 e. The molecule has 0 amide bonds. The highest BCUT2D eigenvalue weighted by molar-refractivity contribution is 5.31. The van der Waals surface area contributed by atoms with Gasteiger partial charge in [0.05, 0.1) is 6.10 Å². The zero-order valence-electron chi connectivity index (χ0n) is 11.7. The number of nitrogens with zero attached hydrogens (tertiary/aromatic N) is 2. The third-order valence-corrected chi connectivity index (χ3v) is 3.94. The van der Waals surface area contributed by atoms with E-state index in [1.165, 1.54) is 11.1 Å². The number of piperazine rings is 1. The molecule has 1 fully saturated rings. The average Bonchev–Trinajstić information content (AvgIpc) is 2.35. The van der Waals surface area contributed by atoms with Gasteiger partial charge >= 0.3 is 0 Å². The first-order valence-electron chi connectivity index (χ1n) is 6.72. The lowest BCUT2D eigenvalue weighted by molar-refractivity contribution is 0.0805. The molecule has 1 unspecified atom stereocenters. The Morgan fingerprint density at radius 1 is 1.11 bits per heavy atom. The number of aliphatic hydroxyl groups excluding tert-OH is 1. The maximum Gasteiger partial charge on any atom is 0.0917 e. The van der Waals surface area contributed by atoms with Crippen LogP contribution in [-0.4, -0.2) is 54.7 Å². The molecule has 1 atom stereocenters. The van der Waals surface area contributed by atoms with Gasteiger partial charge in [-0.15, -0.1) is 0 Å². The molecule has 1 aliphatic heterocycles. The van der Waals surface area contributed by atoms with Crippen molar-refractivity contribution in [1.82, 2.24) is 9.80 Å². The van der Waals surface area contributed by atoms with Crippen LogP contribution in [0.4, 0.5) is 0 Å². The molecule has 0 spiro atoms. The molecule has 3 nitrogen and oxygen atoms in total. The number of β-amino-alcohol motifs (C(OH)–C–C–N with tert-alkyl or cyclic N) is 1. The summed E-state index contributed by atoms with van der Waals surface area (Å²) < 4.78 is 0. The van der Waals surface area contributed by atoms with Gasteiger partial charge in [-0.1, -0.05) is 18.2 Å². The van der Waals surface area contributed by atoms with E-state index in [0.717, 1.165) is 38.3 Å². The van der Waals surface area contributed by atoms with Crippen molar-refractivity contribution in [2.75, 3.05) is 39.8 Å². The van der Waals surface area contributed by atoms with E-state index in [9.17, 15) is 5.11 Å². The molecule has 1 aromatic carbocycles. The van der Waals surface area contributed by atoms with E-state index < -0.39 is 0 Å². The van der Waals surface area contributed by atoms with Gasteiger partial charge in [-0.05, 0) is 37.6 Å². The fraction of sp³-hybridized carbons (Fsp3) is 0.600. The Labute approximate surface area is 110 Å². The van der Waals surface area contributed by atoms with Crippen molar-refractivity contribution >= 4 is 0 Å². The summed E-state index contributed by atoms with van der Waals surface area (Å²) in [5, 5.41) is 10.3. The maximum atomic E-state index is 10.3. The first-order chi connectivity index (χ1) is 8.56. The monoisotopic (exact) mass is 248 g/mol. The van der Waals surface area contributed by atoms with Gasteiger partial charge in [-0.2, -0.15) is 0 Å². The third kappa shape index (κ3) is 3.31. The fourth-order valence-corrected chi connectivity index (χ4v) is 2.35. The average molecular weight is 248 g/mol. The first-order valence-corrected chi connectivity index (χ1v) is 6.72. The number of hydrogen-bond acceptors (Lipinski definition) is 3. The Balaban J connectivity index is 1.94. The number of hydrogen-bond donors (Lipinski definition) is 1. The van der Waals surface area contributed by atoms with Crippen LogP contribution in [0.2, 0.25) is 0 Å². The Hall–Kier alpha value is -0.900. The van der Waals surface area contributed by atoms with Crippen molar-refractivity contribution in [3.05, 3.63) is 34.9 Å². The number of aryl methyl sites for hydroxylation is 2. The first kappa shape index (κ1) is 13.5. The van der Waals surface area contributed by atoms with Gasteiger partial charge in [-0.25, -0.2) is 0 Å². The zero-order chi connectivity index (χ0) is 13.1. The summed E-state index contributed by atoms with van der Waals surface area (Å²) in [4.78, 5) is 4.68. The Bertz CT molecular complexity index is 397. The van der Waals surface area contributed by atoms with E-state index >= 15 is 0 Å². The van der Waals surface area contributed by atoms with Crippen LogP contribution in [0.15, 0.2) is 18.2 Å². The van der Waals surface area contributed by atoms with Gasteiger partial charge in [0.1, 0.15) is 0 Å². The van der Waals surface area contributed by atoms with Crippen LogP contribution in [-0.2, 0) is 0 Å². The molecule has 100 valence electrons. The van der Waals surface area contributed by atoms with Gasteiger partial charge < -0.3 is 10.0 Å². The molecule has 0 bridgehead atoms. The van der Waals surface area contributed by atoms with Crippen molar-refractivity contribution in [3.63, 3.8) is 0 Å². The second-order valence-corrected chi connectivity index (χ2v) is 5.46. The summed E-state index contributed by atoms with van der Waals surface area (Å²) in [5.74, 6) is 0. The van der Waals surface area contributed by atoms with Crippen LogP contribution in [0, 0.1) is 13.8 Å². The summed E-state index contributed by atoms with van der Waals surface area (Å²) in [6.07, 6.45) is -0.368. The van der Waals surface area contributed by atoms with E-state index in [-0.39, 0.29) is 6.10 Å². The van der Waals surface area contributed by atoms with Gasteiger partial charge in [-0.3, -0.25) is 4.90 Å². The highest BCUT2D eigenvalue weighted by atomic mass is 16.3. The smallest absolute Gasteiger partial charge is 0.0917 e. The van der Waals surface area contributed by atoms with Crippen LogP contribution >= 0.6 is 0 Å². The van der Waals surface area contributed by atoms with Crippen LogP contribution in [0.5, 0.6) is 0 Å². The second kappa shape index (κ2) is 5.83. The number of likely N-dealkylation sites (N-methyl/N-ethyl adjacent to an activating group) is 1. The molecule has 1 N–H and O–H groups in total. The molecule has 0 aliphatic carbocycles. The van der Waals surface area contributed by atoms with Crippen LogP contribution in [0.1, 0.15) is 22.8 Å². The van der Waals surface area contributed by atoms with E-state index in [2.05, 4.69) is 42.8 Å². The summed E-state index contributed by atoms with van der Waals surface area (Å²) in [5.41, 5.74) is 3.58. The molecule has 1 aliphatic rings.